The number of piperazine rings is 1. The standard InChI is InChI=1S/C14H16ClN5O3/c15-10-1-2-11(16-7-10)18-3-5-19(6-4-18)13(22)9-20-12(21)8-17-14(20)23/h1-2,7H,3-6,8-9H2,(H,17,23). The van der Waals surface area contributed by atoms with Crippen molar-refractivity contribution in [2.75, 3.05) is 44.2 Å². The Bertz CT molecular complexity index is 612. The molecule has 1 aromatic rings. The number of imide groups is 1. The highest BCUT2D eigenvalue weighted by molar-refractivity contribution is 6.30. The zero-order valence-corrected chi connectivity index (χ0v) is 13.1. The van der Waals surface area contributed by atoms with Crippen molar-refractivity contribution >= 4 is 35.3 Å². The van der Waals surface area contributed by atoms with E-state index in [0.29, 0.717) is 31.2 Å². The molecule has 0 spiro atoms. The SMILES string of the molecule is O=C(CN1C(=O)CNC1=O)N1CCN(c2ccc(Cl)cn2)CC1. The molecule has 0 radical (unpaired) electrons. The summed E-state index contributed by atoms with van der Waals surface area (Å²) in [5.41, 5.74) is 0. The van der Waals surface area contributed by atoms with Gasteiger partial charge in [-0.15, -0.1) is 0 Å². The van der Waals surface area contributed by atoms with Crippen LogP contribution in [0.5, 0.6) is 0 Å². The molecule has 0 saturated carbocycles. The lowest BCUT2D eigenvalue weighted by Crippen LogP contribution is -2.52. The quantitative estimate of drug-likeness (QED) is 0.781. The molecular formula is C14H16ClN5O3. The largest absolute Gasteiger partial charge is 0.353 e. The molecule has 0 bridgehead atoms. The van der Waals surface area contributed by atoms with Gasteiger partial charge in [-0.05, 0) is 12.1 Å². The minimum Gasteiger partial charge on any atom is -0.353 e. The lowest BCUT2D eigenvalue weighted by atomic mass is 10.3. The maximum absolute atomic E-state index is 12.2. The van der Waals surface area contributed by atoms with Crippen LogP contribution in [0.3, 0.4) is 0 Å². The van der Waals surface area contributed by atoms with Crippen molar-refractivity contribution in [3.63, 3.8) is 0 Å². The van der Waals surface area contributed by atoms with Gasteiger partial charge in [0.25, 0.3) is 5.91 Å². The zero-order chi connectivity index (χ0) is 16.4. The maximum atomic E-state index is 12.2. The van der Waals surface area contributed by atoms with Crippen LogP contribution >= 0.6 is 11.6 Å². The number of carbonyl (C=O) groups excluding carboxylic acids is 3. The first kappa shape index (κ1) is 15.5. The number of anilines is 1. The molecular weight excluding hydrogens is 322 g/mol. The Morgan fingerprint density at radius 1 is 1.22 bits per heavy atom. The highest BCUT2D eigenvalue weighted by atomic mass is 35.5. The summed E-state index contributed by atoms with van der Waals surface area (Å²) in [6, 6.07) is 3.11. The second kappa shape index (κ2) is 6.41. The highest BCUT2D eigenvalue weighted by Crippen LogP contribution is 2.16. The molecule has 2 aliphatic heterocycles. The predicted molar refractivity (Wildman–Crippen MR) is 83.2 cm³/mol. The van der Waals surface area contributed by atoms with Crippen molar-refractivity contribution in [2.45, 2.75) is 0 Å². The van der Waals surface area contributed by atoms with E-state index in [1.54, 1.807) is 17.2 Å². The summed E-state index contributed by atoms with van der Waals surface area (Å²) in [4.78, 5) is 44.1. The summed E-state index contributed by atoms with van der Waals surface area (Å²) >= 11 is 5.82. The molecule has 2 aliphatic rings. The van der Waals surface area contributed by atoms with Crippen LogP contribution in [0.15, 0.2) is 18.3 Å². The van der Waals surface area contributed by atoms with Crippen molar-refractivity contribution in [3.05, 3.63) is 23.4 Å². The van der Waals surface area contributed by atoms with Gasteiger partial charge in [-0.3, -0.25) is 14.5 Å². The molecule has 122 valence electrons. The van der Waals surface area contributed by atoms with E-state index in [1.807, 2.05) is 6.07 Å². The van der Waals surface area contributed by atoms with E-state index in [9.17, 15) is 14.4 Å². The summed E-state index contributed by atoms with van der Waals surface area (Å²) < 4.78 is 0. The summed E-state index contributed by atoms with van der Waals surface area (Å²) in [6.45, 7) is 2.08. The van der Waals surface area contributed by atoms with Gasteiger partial charge in [0.15, 0.2) is 0 Å². The van der Waals surface area contributed by atoms with Gasteiger partial charge in [0.2, 0.25) is 5.91 Å². The molecule has 1 N–H and O–H groups in total. The van der Waals surface area contributed by atoms with Gasteiger partial charge in [-0.1, -0.05) is 11.6 Å². The van der Waals surface area contributed by atoms with Crippen molar-refractivity contribution in [2.24, 2.45) is 0 Å². The number of urea groups is 1. The Morgan fingerprint density at radius 2 is 1.96 bits per heavy atom. The molecule has 23 heavy (non-hydrogen) atoms. The number of halogens is 1. The maximum Gasteiger partial charge on any atom is 0.325 e. The second-order valence-corrected chi connectivity index (χ2v) is 5.78. The molecule has 9 heteroatoms. The molecule has 3 heterocycles. The van der Waals surface area contributed by atoms with Crippen molar-refractivity contribution in [3.8, 4) is 0 Å². The van der Waals surface area contributed by atoms with Crippen molar-refractivity contribution < 1.29 is 14.4 Å². The molecule has 4 amide bonds. The monoisotopic (exact) mass is 337 g/mol. The lowest BCUT2D eigenvalue weighted by molar-refractivity contribution is -0.136. The number of nitrogens with zero attached hydrogens (tertiary/aromatic N) is 4. The minimum absolute atomic E-state index is 0.0396. The van der Waals surface area contributed by atoms with Crippen LogP contribution in [0.1, 0.15) is 0 Å². The highest BCUT2D eigenvalue weighted by Gasteiger charge is 2.32. The first-order chi connectivity index (χ1) is 11.0. The normalized spacial score (nSPS) is 18.4. The fraction of sp³-hybridized carbons (Fsp3) is 0.429. The number of aromatic nitrogens is 1. The van der Waals surface area contributed by atoms with Gasteiger partial charge in [0.1, 0.15) is 12.4 Å². The van der Waals surface area contributed by atoms with E-state index < -0.39 is 6.03 Å². The summed E-state index contributed by atoms with van der Waals surface area (Å²) in [5, 5.41) is 2.98. The van der Waals surface area contributed by atoms with E-state index in [-0.39, 0.29) is 24.9 Å². The Kier molecular flexibility index (Phi) is 4.33. The van der Waals surface area contributed by atoms with E-state index >= 15 is 0 Å². The third-order valence-electron chi connectivity index (χ3n) is 3.90. The third kappa shape index (κ3) is 3.37. The number of pyridine rings is 1. The van der Waals surface area contributed by atoms with Gasteiger partial charge in [0, 0.05) is 32.4 Å². The number of hydrogen-bond donors (Lipinski definition) is 1. The number of hydrogen-bond acceptors (Lipinski definition) is 5. The van der Waals surface area contributed by atoms with Gasteiger partial charge in [-0.25, -0.2) is 9.78 Å². The van der Waals surface area contributed by atoms with Gasteiger partial charge >= 0.3 is 6.03 Å². The Balaban J connectivity index is 1.54. The molecule has 1 aromatic heterocycles. The molecule has 0 unspecified atom stereocenters. The first-order valence-electron chi connectivity index (χ1n) is 7.27. The van der Waals surface area contributed by atoms with Crippen LogP contribution in [0.4, 0.5) is 10.6 Å². The molecule has 0 atom stereocenters. The minimum atomic E-state index is -0.507. The predicted octanol–water partition coefficient (Wildman–Crippen LogP) is -0.0646. The fourth-order valence-corrected chi connectivity index (χ4v) is 2.70. The van der Waals surface area contributed by atoms with Gasteiger partial charge in [-0.2, -0.15) is 0 Å². The molecule has 0 aliphatic carbocycles. The first-order valence-corrected chi connectivity index (χ1v) is 7.65. The molecule has 2 saturated heterocycles. The average Bonchev–Trinajstić information content (AvgIpc) is 2.87. The Hall–Kier alpha value is -2.35. The van der Waals surface area contributed by atoms with Crippen LogP contribution in [0.25, 0.3) is 0 Å². The van der Waals surface area contributed by atoms with E-state index in [4.69, 9.17) is 11.6 Å². The van der Waals surface area contributed by atoms with Crippen LogP contribution in [0.2, 0.25) is 5.02 Å². The van der Waals surface area contributed by atoms with Crippen LogP contribution in [-0.4, -0.2) is 71.9 Å². The molecule has 2 fully saturated rings. The topological polar surface area (TPSA) is 85.8 Å². The number of amides is 4. The van der Waals surface area contributed by atoms with E-state index in [2.05, 4.69) is 15.2 Å². The zero-order valence-electron chi connectivity index (χ0n) is 12.4. The summed E-state index contributed by atoms with van der Waals surface area (Å²) in [7, 11) is 0. The van der Waals surface area contributed by atoms with E-state index in [0.717, 1.165) is 10.7 Å². The molecule has 0 aromatic carbocycles. The molecule has 8 nitrogen and oxygen atoms in total. The van der Waals surface area contributed by atoms with Crippen LogP contribution < -0.4 is 10.2 Å². The Morgan fingerprint density at radius 3 is 2.52 bits per heavy atom. The number of rotatable bonds is 3. The lowest BCUT2D eigenvalue weighted by Gasteiger charge is -2.35. The van der Waals surface area contributed by atoms with E-state index in [1.165, 1.54) is 0 Å². The van der Waals surface area contributed by atoms with Crippen LogP contribution in [-0.2, 0) is 9.59 Å². The number of carbonyl (C=O) groups is 3. The van der Waals surface area contributed by atoms with Crippen LogP contribution in [0, 0.1) is 0 Å². The van der Waals surface area contributed by atoms with Gasteiger partial charge < -0.3 is 15.1 Å². The number of nitrogens with one attached hydrogen (secondary N) is 1. The van der Waals surface area contributed by atoms with Crippen molar-refractivity contribution in [1.29, 1.82) is 0 Å². The third-order valence-corrected chi connectivity index (χ3v) is 4.12. The van der Waals surface area contributed by atoms with Crippen molar-refractivity contribution in [1.82, 2.24) is 20.1 Å². The smallest absolute Gasteiger partial charge is 0.325 e. The second-order valence-electron chi connectivity index (χ2n) is 5.34. The summed E-state index contributed by atoms with van der Waals surface area (Å²) in [6.07, 6.45) is 1.59. The Labute approximate surface area is 138 Å². The molecule has 3 rings (SSSR count). The average molecular weight is 338 g/mol. The summed E-state index contributed by atoms with van der Waals surface area (Å²) in [5.74, 6) is 0.224. The fourth-order valence-electron chi connectivity index (χ4n) is 2.59. The van der Waals surface area contributed by atoms with Gasteiger partial charge in [0.05, 0.1) is 11.6 Å².